The van der Waals surface area contributed by atoms with E-state index in [-0.39, 0.29) is 0 Å². The summed E-state index contributed by atoms with van der Waals surface area (Å²) in [5.41, 5.74) is 1.55. The molecule has 4 heteroatoms. The second-order valence-electron chi connectivity index (χ2n) is 7.06. The van der Waals surface area contributed by atoms with Gasteiger partial charge < -0.3 is 10.2 Å². The summed E-state index contributed by atoms with van der Waals surface area (Å²) < 4.78 is 0. The molecule has 1 aromatic heterocycles. The van der Waals surface area contributed by atoms with E-state index in [1.807, 2.05) is 12.3 Å². The van der Waals surface area contributed by atoms with E-state index in [2.05, 4.69) is 42.9 Å². The molecule has 1 aliphatic rings. The first-order valence-electron chi connectivity index (χ1n) is 8.02. The van der Waals surface area contributed by atoms with Crippen molar-refractivity contribution in [1.82, 2.24) is 10.3 Å². The minimum Gasteiger partial charge on any atom is -0.355 e. The number of halogens is 1. The van der Waals surface area contributed by atoms with Crippen molar-refractivity contribution in [2.24, 2.45) is 11.3 Å². The van der Waals surface area contributed by atoms with Crippen LogP contribution in [0.2, 0.25) is 5.02 Å². The molecule has 1 aliphatic heterocycles. The Bertz CT molecular complexity index is 460. The standard InChI is InChI=1S/C17H28ClN3/c1-5-19-11-13-10-15(18)16(20-12-13)21-8-6-14(7-9-21)17(2,3)4/h10,12,14,19H,5-9,11H2,1-4H3. The highest BCUT2D eigenvalue weighted by molar-refractivity contribution is 6.33. The molecule has 1 aromatic rings. The smallest absolute Gasteiger partial charge is 0.147 e. The fraction of sp³-hybridized carbons (Fsp3) is 0.706. The average Bonchev–Trinajstić information content (AvgIpc) is 2.44. The molecule has 0 spiro atoms. The average molecular weight is 310 g/mol. The van der Waals surface area contributed by atoms with Crippen molar-refractivity contribution in [1.29, 1.82) is 0 Å². The van der Waals surface area contributed by atoms with E-state index in [1.165, 1.54) is 12.8 Å². The van der Waals surface area contributed by atoms with Crippen molar-refractivity contribution in [2.75, 3.05) is 24.5 Å². The van der Waals surface area contributed by atoms with E-state index in [0.29, 0.717) is 5.41 Å². The quantitative estimate of drug-likeness (QED) is 0.907. The largest absolute Gasteiger partial charge is 0.355 e. The summed E-state index contributed by atoms with van der Waals surface area (Å²) in [6.07, 6.45) is 4.39. The summed E-state index contributed by atoms with van der Waals surface area (Å²) in [6.45, 7) is 13.0. The van der Waals surface area contributed by atoms with Gasteiger partial charge in [-0.3, -0.25) is 0 Å². The van der Waals surface area contributed by atoms with Gasteiger partial charge in [-0.1, -0.05) is 39.3 Å². The normalized spacial score (nSPS) is 17.3. The van der Waals surface area contributed by atoms with E-state index >= 15 is 0 Å². The van der Waals surface area contributed by atoms with Gasteiger partial charge in [0.15, 0.2) is 0 Å². The molecule has 1 fully saturated rings. The van der Waals surface area contributed by atoms with Crippen molar-refractivity contribution in [3.05, 3.63) is 22.8 Å². The first kappa shape index (κ1) is 16.6. The van der Waals surface area contributed by atoms with Crippen LogP contribution < -0.4 is 10.2 Å². The highest BCUT2D eigenvalue weighted by atomic mass is 35.5. The maximum absolute atomic E-state index is 6.44. The molecule has 0 radical (unpaired) electrons. The second kappa shape index (κ2) is 6.97. The summed E-state index contributed by atoms with van der Waals surface area (Å²) in [7, 11) is 0. The lowest BCUT2D eigenvalue weighted by molar-refractivity contribution is 0.198. The maximum Gasteiger partial charge on any atom is 0.147 e. The fourth-order valence-corrected chi connectivity index (χ4v) is 3.33. The third-order valence-electron chi connectivity index (χ3n) is 4.48. The van der Waals surface area contributed by atoms with Gasteiger partial charge in [0.25, 0.3) is 0 Å². The predicted octanol–water partition coefficient (Wildman–Crippen LogP) is 4.11. The number of aromatic nitrogens is 1. The van der Waals surface area contributed by atoms with Crippen LogP contribution in [0.4, 0.5) is 5.82 Å². The van der Waals surface area contributed by atoms with Crippen LogP contribution in [0, 0.1) is 11.3 Å². The minimum atomic E-state index is 0.402. The van der Waals surface area contributed by atoms with Gasteiger partial charge >= 0.3 is 0 Å². The minimum absolute atomic E-state index is 0.402. The molecule has 118 valence electrons. The number of pyridine rings is 1. The Kier molecular flexibility index (Phi) is 5.50. The Morgan fingerprint density at radius 1 is 1.33 bits per heavy atom. The summed E-state index contributed by atoms with van der Waals surface area (Å²) in [4.78, 5) is 6.93. The Morgan fingerprint density at radius 2 is 2.00 bits per heavy atom. The summed E-state index contributed by atoms with van der Waals surface area (Å²) in [5, 5.41) is 4.08. The molecule has 0 aromatic carbocycles. The van der Waals surface area contributed by atoms with Crippen molar-refractivity contribution < 1.29 is 0 Å². The predicted molar refractivity (Wildman–Crippen MR) is 91.0 cm³/mol. The third-order valence-corrected chi connectivity index (χ3v) is 4.75. The number of rotatable bonds is 4. The molecular formula is C17H28ClN3. The maximum atomic E-state index is 6.44. The molecule has 0 amide bonds. The van der Waals surface area contributed by atoms with Crippen molar-refractivity contribution in [3.63, 3.8) is 0 Å². The van der Waals surface area contributed by atoms with Crippen LogP contribution >= 0.6 is 11.6 Å². The second-order valence-corrected chi connectivity index (χ2v) is 7.46. The fourth-order valence-electron chi connectivity index (χ4n) is 3.03. The Hall–Kier alpha value is -0.800. The van der Waals surface area contributed by atoms with Crippen LogP contribution in [0.5, 0.6) is 0 Å². The van der Waals surface area contributed by atoms with Crippen molar-refractivity contribution in [3.8, 4) is 0 Å². The first-order valence-corrected chi connectivity index (χ1v) is 8.39. The highest BCUT2D eigenvalue weighted by Crippen LogP contribution is 2.36. The van der Waals surface area contributed by atoms with Crippen molar-refractivity contribution in [2.45, 2.75) is 47.1 Å². The van der Waals surface area contributed by atoms with Crippen LogP contribution in [-0.2, 0) is 6.54 Å². The van der Waals surface area contributed by atoms with E-state index in [1.54, 1.807) is 0 Å². The van der Waals surface area contributed by atoms with Gasteiger partial charge in [0.2, 0.25) is 0 Å². The Balaban J connectivity index is 2.00. The lowest BCUT2D eigenvalue weighted by Crippen LogP contribution is -2.38. The van der Waals surface area contributed by atoms with Crippen molar-refractivity contribution >= 4 is 17.4 Å². The molecule has 0 saturated carbocycles. The van der Waals surface area contributed by atoms with Gasteiger partial charge in [-0.15, -0.1) is 0 Å². The van der Waals surface area contributed by atoms with Gasteiger partial charge in [-0.25, -0.2) is 4.98 Å². The molecular weight excluding hydrogens is 282 g/mol. The van der Waals surface area contributed by atoms with Gasteiger partial charge in [0.05, 0.1) is 5.02 Å². The number of hydrogen-bond donors (Lipinski definition) is 1. The number of nitrogens with one attached hydrogen (secondary N) is 1. The van der Waals surface area contributed by atoms with Crippen LogP contribution in [0.15, 0.2) is 12.3 Å². The van der Waals surface area contributed by atoms with Crippen LogP contribution in [0.3, 0.4) is 0 Å². The Labute approximate surface area is 134 Å². The SMILES string of the molecule is CCNCc1cnc(N2CCC(C(C)(C)C)CC2)c(Cl)c1. The lowest BCUT2D eigenvalue weighted by Gasteiger charge is -2.39. The zero-order valence-electron chi connectivity index (χ0n) is 13.7. The molecule has 21 heavy (non-hydrogen) atoms. The van der Waals surface area contributed by atoms with Gasteiger partial charge in [-0.2, -0.15) is 0 Å². The zero-order valence-corrected chi connectivity index (χ0v) is 14.5. The molecule has 0 atom stereocenters. The van der Waals surface area contributed by atoms with Gasteiger partial charge in [-0.05, 0) is 42.3 Å². The third kappa shape index (κ3) is 4.33. The van der Waals surface area contributed by atoms with Crippen LogP contribution in [-0.4, -0.2) is 24.6 Å². The highest BCUT2D eigenvalue weighted by Gasteiger charge is 2.29. The van der Waals surface area contributed by atoms with E-state index in [9.17, 15) is 0 Å². The number of hydrogen-bond acceptors (Lipinski definition) is 3. The van der Waals surface area contributed by atoms with Crippen LogP contribution in [0.1, 0.15) is 46.1 Å². The number of piperidine rings is 1. The zero-order chi connectivity index (χ0) is 15.5. The molecule has 2 rings (SSSR count). The number of nitrogens with zero attached hydrogens (tertiary/aromatic N) is 2. The number of anilines is 1. The van der Waals surface area contributed by atoms with Gasteiger partial charge in [0.1, 0.15) is 5.82 Å². The molecule has 1 saturated heterocycles. The Morgan fingerprint density at radius 3 is 2.52 bits per heavy atom. The van der Waals surface area contributed by atoms with E-state index < -0.39 is 0 Å². The summed E-state index contributed by atoms with van der Waals surface area (Å²) >= 11 is 6.44. The summed E-state index contributed by atoms with van der Waals surface area (Å²) in [6, 6.07) is 2.04. The topological polar surface area (TPSA) is 28.2 Å². The summed E-state index contributed by atoms with van der Waals surface area (Å²) in [5.74, 6) is 1.74. The molecule has 1 N–H and O–H groups in total. The molecule has 2 heterocycles. The molecule has 0 aliphatic carbocycles. The van der Waals surface area contributed by atoms with E-state index in [4.69, 9.17) is 11.6 Å². The van der Waals surface area contributed by atoms with E-state index in [0.717, 1.165) is 48.5 Å². The van der Waals surface area contributed by atoms with Crippen LogP contribution in [0.25, 0.3) is 0 Å². The first-order chi connectivity index (χ1) is 9.91. The van der Waals surface area contributed by atoms with Gasteiger partial charge in [0, 0.05) is 25.8 Å². The molecule has 3 nitrogen and oxygen atoms in total. The monoisotopic (exact) mass is 309 g/mol. The molecule has 0 bridgehead atoms. The molecule has 0 unspecified atom stereocenters. The lowest BCUT2D eigenvalue weighted by atomic mass is 9.75.